The lowest BCUT2D eigenvalue weighted by molar-refractivity contribution is 0.0961. The Morgan fingerprint density at radius 1 is 0.759 bits per heavy atom. The lowest BCUT2D eigenvalue weighted by Crippen LogP contribution is -2.30. The summed E-state index contributed by atoms with van der Waals surface area (Å²) in [6.07, 6.45) is 0. The third-order valence-electron chi connectivity index (χ3n) is 4.13. The van der Waals surface area contributed by atoms with Crippen molar-refractivity contribution in [2.24, 2.45) is 0 Å². The Hall–Kier alpha value is -3.81. The van der Waals surface area contributed by atoms with Crippen LogP contribution in [0.5, 0.6) is 0 Å². The molecule has 5 nitrogen and oxygen atoms in total. The third-order valence-corrected chi connectivity index (χ3v) is 4.13. The van der Waals surface area contributed by atoms with Gasteiger partial charge in [0.25, 0.3) is 11.8 Å². The molecule has 3 N–H and O–H groups in total. The highest BCUT2D eigenvalue weighted by molar-refractivity contribution is 6.05. The maximum Gasteiger partial charge on any atom is 0.269 e. The van der Waals surface area contributed by atoms with Crippen LogP contribution in [0.4, 0.5) is 24.5 Å². The minimum absolute atomic E-state index is 0.162. The molecule has 3 rings (SSSR count). The van der Waals surface area contributed by atoms with Crippen LogP contribution in [0.25, 0.3) is 0 Å². The van der Waals surface area contributed by atoms with Gasteiger partial charge in [-0.25, -0.2) is 13.2 Å². The number of anilines is 2. The number of carbonyl (C=O) groups is 2. The molecule has 0 aliphatic rings. The molecule has 8 heteroatoms. The highest BCUT2D eigenvalue weighted by atomic mass is 19.2. The Morgan fingerprint density at radius 2 is 1.48 bits per heavy atom. The molecule has 29 heavy (non-hydrogen) atoms. The van der Waals surface area contributed by atoms with Crippen molar-refractivity contribution in [3.8, 4) is 0 Å². The van der Waals surface area contributed by atoms with Gasteiger partial charge in [-0.1, -0.05) is 24.3 Å². The van der Waals surface area contributed by atoms with Crippen LogP contribution in [0, 0.1) is 24.4 Å². The number of hydrazine groups is 1. The minimum atomic E-state index is -1.65. The van der Waals surface area contributed by atoms with Crippen LogP contribution in [0.2, 0.25) is 0 Å². The van der Waals surface area contributed by atoms with E-state index in [0.29, 0.717) is 11.3 Å². The fourth-order valence-corrected chi connectivity index (χ4v) is 2.50. The summed E-state index contributed by atoms with van der Waals surface area (Å²) in [6.45, 7) is 1.76. The molecule has 0 saturated carbocycles. The molecule has 0 spiro atoms. The van der Waals surface area contributed by atoms with E-state index in [-0.39, 0.29) is 11.5 Å². The Balaban J connectivity index is 1.72. The van der Waals surface area contributed by atoms with Crippen molar-refractivity contribution < 1.29 is 22.8 Å². The molecule has 0 atom stereocenters. The van der Waals surface area contributed by atoms with Gasteiger partial charge in [-0.2, -0.15) is 0 Å². The number of hydrogen-bond acceptors (Lipinski definition) is 3. The molecule has 148 valence electrons. The van der Waals surface area contributed by atoms with Crippen molar-refractivity contribution in [3.63, 3.8) is 0 Å². The average molecular weight is 399 g/mol. The third kappa shape index (κ3) is 4.55. The minimum Gasteiger partial charge on any atom is -0.322 e. The van der Waals surface area contributed by atoms with E-state index in [2.05, 4.69) is 16.2 Å². The normalized spacial score (nSPS) is 10.3. The van der Waals surface area contributed by atoms with Crippen LogP contribution < -0.4 is 16.2 Å². The summed E-state index contributed by atoms with van der Waals surface area (Å²) in [5, 5.41) is 2.73. The zero-order valence-electron chi connectivity index (χ0n) is 15.2. The van der Waals surface area contributed by atoms with Crippen molar-refractivity contribution in [2.75, 3.05) is 10.7 Å². The van der Waals surface area contributed by atoms with Crippen molar-refractivity contribution in [3.05, 3.63) is 94.8 Å². The summed E-state index contributed by atoms with van der Waals surface area (Å²) >= 11 is 0. The highest BCUT2D eigenvalue weighted by Crippen LogP contribution is 2.20. The van der Waals surface area contributed by atoms with Gasteiger partial charge in [-0.05, 0) is 48.9 Å². The second kappa shape index (κ2) is 8.47. The number of carbonyl (C=O) groups excluding carboxylic acids is 2. The molecule has 0 unspecified atom stereocenters. The molecule has 0 aliphatic carbocycles. The molecule has 2 amide bonds. The number of hydrogen-bond donors (Lipinski definition) is 3. The largest absolute Gasteiger partial charge is 0.322 e. The monoisotopic (exact) mass is 399 g/mol. The summed E-state index contributed by atoms with van der Waals surface area (Å²) in [6, 6.07) is 14.8. The van der Waals surface area contributed by atoms with Gasteiger partial charge in [-0.3, -0.25) is 20.4 Å². The van der Waals surface area contributed by atoms with E-state index < -0.39 is 29.0 Å². The number of amides is 2. The SMILES string of the molecule is Cc1ccc(C(=O)NNc2ccc(F)c(F)c2F)cc1NC(=O)c1ccccc1. The van der Waals surface area contributed by atoms with Gasteiger partial charge in [0.05, 0.1) is 5.69 Å². The van der Waals surface area contributed by atoms with Crippen molar-refractivity contribution in [1.82, 2.24) is 5.43 Å². The van der Waals surface area contributed by atoms with E-state index in [1.807, 2.05) is 0 Å². The zero-order chi connectivity index (χ0) is 21.0. The zero-order valence-corrected chi connectivity index (χ0v) is 15.2. The van der Waals surface area contributed by atoms with Gasteiger partial charge >= 0.3 is 0 Å². The highest BCUT2D eigenvalue weighted by Gasteiger charge is 2.15. The van der Waals surface area contributed by atoms with Gasteiger partial charge in [0, 0.05) is 16.8 Å². The van der Waals surface area contributed by atoms with E-state index >= 15 is 0 Å². The van der Waals surface area contributed by atoms with Crippen molar-refractivity contribution >= 4 is 23.2 Å². The van der Waals surface area contributed by atoms with Crippen LogP contribution in [0.15, 0.2) is 60.7 Å². The predicted molar refractivity (Wildman–Crippen MR) is 103 cm³/mol. The van der Waals surface area contributed by atoms with Crippen LogP contribution in [-0.2, 0) is 0 Å². The number of rotatable bonds is 5. The molecule has 0 aliphatic heterocycles. The molecule has 0 heterocycles. The number of aryl methyl sites for hydroxylation is 1. The lowest BCUT2D eigenvalue weighted by Gasteiger charge is -2.13. The Labute approximate surface area is 164 Å². The quantitative estimate of drug-likeness (QED) is 0.439. The predicted octanol–water partition coefficient (Wildman–Crippen LogP) is 4.42. The molecule has 0 saturated heterocycles. The topological polar surface area (TPSA) is 70.2 Å². The van der Waals surface area contributed by atoms with Gasteiger partial charge in [0.1, 0.15) is 0 Å². The Kier molecular flexibility index (Phi) is 5.82. The molecule has 3 aromatic rings. The first kappa shape index (κ1) is 19.9. The molecule has 0 fully saturated rings. The van der Waals surface area contributed by atoms with Gasteiger partial charge < -0.3 is 5.32 Å². The summed E-state index contributed by atoms with van der Waals surface area (Å²) < 4.78 is 39.9. The first-order valence-electron chi connectivity index (χ1n) is 8.53. The van der Waals surface area contributed by atoms with Crippen molar-refractivity contribution in [1.29, 1.82) is 0 Å². The van der Waals surface area contributed by atoms with Crippen LogP contribution in [0.1, 0.15) is 26.3 Å². The molecule has 0 bridgehead atoms. The van der Waals surface area contributed by atoms with E-state index in [1.54, 1.807) is 43.3 Å². The molecule has 3 aromatic carbocycles. The average Bonchev–Trinajstić information content (AvgIpc) is 2.73. The first-order chi connectivity index (χ1) is 13.9. The number of halogens is 3. The van der Waals surface area contributed by atoms with Crippen LogP contribution in [0.3, 0.4) is 0 Å². The van der Waals surface area contributed by atoms with Crippen molar-refractivity contribution in [2.45, 2.75) is 6.92 Å². The standard InChI is InChI=1S/C21H16F3N3O2/c1-12-7-8-14(11-17(12)25-20(28)13-5-3-2-4-6-13)21(29)27-26-16-10-9-15(22)18(23)19(16)24/h2-11,26H,1H3,(H,25,28)(H,27,29). The summed E-state index contributed by atoms with van der Waals surface area (Å²) in [5.74, 6) is -5.44. The second-order valence-corrected chi connectivity index (χ2v) is 6.15. The van der Waals surface area contributed by atoms with E-state index in [9.17, 15) is 22.8 Å². The van der Waals surface area contributed by atoms with Crippen LogP contribution in [-0.4, -0.2) is 11.8 Å². The smallest absolute Gasteiger partial charge is 0.269 e. The number of benzene rings is 3. The first-order valence-corrected chi connectivity index (χ1v) is 8.53. The number of nitrogens with one attached hydrogen (secondary N) is 3. The van der Waals surface area contributed by atoms with Gasteiger partial charge in [-0.15, -0.1) is 0 Å². The molecule has 0 radical (unpaired) electrons. The van der Waals surface area contributed by atoms with Gasteiger partial charge in [0.2, 0.25) is 0 Å². The fourth-order valence-electron chi connectivity index (χ4n) is 2.50. The summed E-state index contributed by atoms with van der Waals surface area (Å²) in [4.78, 5) is 24.6. The van der Waals surface area contributed by atoms with E-state index in [1.165, 1.54) is 12.1 Å². The maximum atomic E-state index is 13.7. The van der Waals surface area contributed by atoms with Crippen LogP contribution >= 0.6 is 0 Å². The van der Waals surface area contributed by atoms with E-state index in [0.717, 1.165) is 17.7 Å². The van der Waals surface area contributed by atoms with E-state index in [4.69, 9.17) is 0 Å². The summed E-state index contributed by atoms with van der Waals surface area (Å²) in [5.41, 5.74) is 5.75. The lowest BCUT2D eigenvalue weighted by atomic mass is 10.1. The van der Waals surface area contributed by atoms with Gasteiger partial charge in [0.15, 0.2) is 17.5 Å². The molecular formula is C21H16F3N3O2. The second-order valence-electron chi connectivity index (χ2n) is 6.15. The fraction of sp³-hybridized carbons (Fsp3) is 0.0476. The summed E-state index contributed by atoms with van der Waals surface area (Å²) in [7, 11) is 0. The molecular weight excluding hydrogens is 383 g/mol. The Bertz CT molecular complexity index is 1070. The molecule has 0 aromatic heterocycles. The maximum absolute atomic E-state index is 13.7. The Morgan fingerprint density at radius 3 is 2.21 bits per heavy atom.